The molecule has 0 saturated carbocycles. The van der Waals surface area contributed by atoms with Crippen molar-refractivity contribution in [1.29, 1.82) is 0 Å². The zero-order valence-electron chi connectivity index (χ0n) is 15.3. The third kappa shape index (κ3) is 4.26. The average molecular weight is 433 g/mol. The Kier molecular flexibility index (Phi) is 6.68. The van der Waals surface area contributed by atoms with Crippen LogP contribution in [0.1, 0.15) is 6.92 Å². The van der Waals surface area contributed by atoms with Crippen molar-refractivity contribution in [2.75, 3.05) is 0 Å². The molecule has 0 bridgehead atoms. The fourth-order valence-corrected chi connectivity index (χ4v) is 2.86. The van der Waals surface area contributed by atoms with Crippen LogP contribution in [0.15, 0.2) is 75.4 Å². The number of amidine groups is 1. The number of fused-ring (bicyclic) bond motifs is 1. The number of halogens is 2. The van der Waals surface area contributed by atoms with Gasteiger partial charge >= 0.3 is 0 Å². The molecule has 0 fully saturated rings. The van der Waals surface area contributed by atoms with Crippen molar-refractivity contribution in [3.05, 3.63) is 71.4 Å². The Morgan fingerprint density at radius 3 is 2.69 bits per heavy atom. The zero-order valence-corrected chi connectivity index (χ0v) is 16.9. The van der Waals surface area contributed by atoms with Crippen LogP contribution in [0.5, 0.6) is 5.75 Å². The number of aliphatic imine (C=N–C) groups is 1. The normalized spacial score (nSPS) is 11.0. The Morgan fingerprint density at radius 2 is 2.00 bits per heavy atom. The van der Waals surface area contributed by atoms with Crippen LogP contribution in [-0.2, 0) is 0 Å². The van der Waals surface area contributed by atoms with E-state index in [1.165, 1.54) is 0 Å². The fourth-order valence-electron chi connectivity index (χ4n) is 2.86. The highest BCUT2D eigenvalue weighted by Gasteiger charge is 2.16. The maximum absolute atomic E-state index is 12.7. The van der Waals surface area contributed by atoms with Crippen LogP contribution in [0.2, 0.25) is 0 Å². The second-order valence-corrected chi connectivity index (χ2v) is 6.06. The van der Waals surface area contributed by atoms with Gasteiger partial charge in [0.05, 0.1) is 23.2 Å². The van der Waals surface area contributed by atoms with Gasteiger partial charge in [0, 0.05) is 23.6 Å². The van der Waals surface area contributed by atoms with Gasteiger partial charge in [0.1, 0.15) is 5.58 Å². The van der Waals surface area contributed by atoms with E-state index in [0.717, 1.165) is 5.69 Å². The van der Waals surface area contributed by atoms with Gasteiger partial charge in [-0.25, -0.2) is 9.98 Å². The number of hydrogen-bond acceptors (Lipinski definition) is 5. The lowest BCUT2D eigenvalue weighted by molar-refractivity contribution is 0.449. The average Bonchev–Trinajstić information content (AvgIpc) is 3.19. The van der Waals surface area contributed by atoms with Crippen LogP contribution in [0.25, 0.3) is 28.0 Å². The van der Waals surface area contributed by atoms with Crippen molar-refractivity contribution in [3.8, 4) is 22.8 Å². The standard InChI is InChI=1S/C20H16N4O3.2ClH/c1-12(21)23-14-5-6-17-16(10-14)18(25)19(26)20(27-17)13-3-2-4-15(9-13)24-8-7-22-11-24;;/h2-11,26H,1H3,(H2,21,23);2*1H. The Bertz CT molecular complexity index is 1230. The third-order valence-corrected chi connectivity index (χ3v) is 4.07. The Hall–Kier alpha value is -3.29. The number of benzene rings is 2. The second kappa shape index (κ2) is 8.81. The van der Waals surface area contributed by atoms with Crippen LogP contribution in [0.3, 0.4) is 0 Å². The summed E-state index contributed by atoms with van der Waals surface area (Å²) in [6, 6.07) is 12.2. The number of nitrogens with zero attached hydrogens (tertiary/aromatic N) is 3. The van der Waals surface area contributed by atoms with Gasteiger partial charge in [-0.05, 0) is 37.3 Å². The fraction of sp³-hybridized carbons (Fsp3) is 0.0500. The molecule has 2 aromatic heterocycles. The molecule has 7 nitrogen and oxygen atoms in total. The van der Waals surface area contributed by atoms with Crippen molar-refractivity contribution >= 4 is 47.3 Å². The monoisotopic (exact) mass is 432 g/mol. The SMILES string of the molecule is CC(N)=Nc1ccc2oc(-c3cccc(-n4ccnc4)c3)c(O)c(=O)c2c1.Cl.Cl. The molecule has 9 heteroatoms. The van der Waals surface area contributed by atoms with E-state index < -0.39 is 11.2 Å². The van der Waals surface area contributed by atoms with Gasteiger partial charge in [0.2, 0.25) is 11.2 Å². The minimum Gasteiger partial charge on any atom is -0.502 e. The number of aromatic hydroxyl groups is 1. The van der Waals surface area contributed by atoms with E-state index >= 15 is 0 Å². The van der Waals surface area contributed by atoms with Crippen molar-refractivity contribution in [3.63, 3.8) is 0 Å². The highest BCUT2D eigenvalue weighted by Crippen LogP contribution is 2.32. The summed E-state index contributed by atoms with van der Waals surface area (Å²) in [5, 5.41) is 10.7. The predicted molar refractivity (Wildman–Crippen MR) is 118 cm³/mol. The van der Waals surface area contributed by atoms with E-state index in [4.69, 9.17) is 10.2 Å². The molecule has 0 unspecified atom stereocenters. The predicted octanol–water partition coefficient (Wildman–Crippen LogP) is 4.20. The Labute approximate surface area is 178 Å². The minimum atomic E-state index is -0.522. The molecule has 2 aromatic carbocycles. The first-order chi connectivity index (χ1) is 13.0. The van der Waals surface area contributed by atoms with Gasteiger partial charge in [0.25, 0.3) is 0 Å². The molecule has 0 aliphatic heterocycles. The van der Waals surface area contributed by atoms with E-state index in [1.807, 2.05) is 22.8 Å². The molecule has 2 heterocycles. The largest absolute Gasteiger partial charge is 0.502 e. The van der Waals surface area contributed by atoms with Gasteiger partial charge in [0.15, 0.2) is 5.76 Å². The first-order valence-electron chi connectivity index (χ1n) is 8.22. The Balaban J connectivity index is 0.00000150. The van der Waals surface area contributed by atoms with E-state index in [1.54, 1.807) is 49.9 Å². The summed E-state index contributed by atoms with van der Waals surface area (Å²) < 4.78 is 7.66. The Morgan fingerprint density at radius 1 is 1.21 bits per heavy atom. The van der Waals surface area contributed by atoms with Crippen molar-refractivity contribution in [2.45, 2.75) is 6.92 Å². The molecule has 4 aromatic rings. The summed E-state index contributed by atoms with van der Waals surface area (Å²) >= 11 is 0. The molecule has 3 N–H and O–H groups in total. The van der Waals surface area contributed by atoms with Gasteiger partial charge in [-0.3, -0.25) is 4.79 Å². The molecule has 0 spiro atoms. The third-order valence-electron chi connectivity index (χ3n) is 4.07. The highest BCUT2D eigenvalue weighted by atomic mass is 35.5. The summed E-state index contributed by atoms with van der Waals surface area (Å²) in [5.41, 5.74) is 7.34. The molecular formula is C20H18Cl2N4O3. The first kappa shape index (κ1) is 22.0. The lowest BCUT2D eigenvalue weighted by atomic mass is 10.1. The summed E-state index contributed by atoms with van der Waals surface area (Å²) in [6.45, 7) is 1.65. The second-order valence-electron chi connectivity index (χ2n) is 6.06. The van der Waals surface area contributed by atoms with Gasteiger partial charge in [-0.15, -0.1) is 24.8 Å². The van der Waals surface area contributed by atoms with E-state index in [2.05, 4.69) is 9.98 Å². The summed E-state index contributed by atoms with van der Waals surface area (Å²) in [5.74, 6) is 0.0347. The van der Waals surface area contributed by atoms with E-state index in [9.17, 15) is 9.90 Å². The van der Waals surface area contributed by atoms with Crippen molar-refractivity contribution < 1.29 is 9.52 Å². The number of rotatable bonds is 3. The number of hydrogen-bond donors (Lipinski definition) is 2. The van der Waals surface area contributed by atoms with Gasteiger partial charge < -0.3 is 19.8 Å². The zero-order chi connectivity index (χ0) is 19.0. The summed E-state index contributed by atoms with van der Waals surface area (Å²) in [6.07, 6.45) is 5.14. The van der Waals surface area contributed by atoms with Crippen LogP contribution in [0.4, 0.5) is 5.69 Å². The topological polar surface area (TPSA) is 107 Å². The minimum absolute atomic E-state index is 0. The quantitative estimate of drug-likeness (QED) is 0.372. The molecule has 0 atom stereocenters. The lowest BCUT2D eigenvalue weighted by Crippen LogP contribution is -2.05. The number of nitrogens with two attached hydrogens (primary N) is 1. The molecule has 0 radical (unpaired) electrons. The smallest absolute Gasteiger partial charge is 0.235 e. The lowest BCUT2D eigenvalue weighted by Gasteiger charge is -2.08. The van der Waals surface area contributed by atoms with Crippen LogP contribution in [-0.4, -0.2) is 20.5 Å². The van der Waals surface area contributed by atoms with Crippen LogP contribution in [0, 0.1) is 0 Å². The van der Waals surface area contributed by atoms with E-state index in [-0.39, 0.29) is 36.0 Å². The maximum Gasteiger partial charge on any atom is 0.235 e. The van der Waals surface area contributed by atoms with Crippen LogP contribution < -0.4 is 11.2 Å². The summed E-state index contributed by atoms with van der Waals surface area (Å²) in [4.78, 5) is 20.8. The van der Waals surface area contributed by atoms with E-state index in [0.29, 0.717) is 22.7 Å². The molecule has 0 amide bonds. The number of imidazole rings is 1. The molecule has 4 rings (SSSR count). The maximum atomic E-state index is 12.7. The molecule has 0 aliphatic rings. The molecule has 0 saturated heterocycles. The molecular weight excluding hydrogens is 415 g/mol. The highest BCUT2D eigenvalue weighted by molar-refractivity contribution is 5.87. The van der Waals surface area contributed by atoms with Crippen LogP contribution >= 0.6 is 24.8 Å². The van der Waals surface area contributed by atoms with Gasteiger partial charge in [-0.2, -0.15) is 0 Å². The van der Waals surface area contributed by atoms with Crippen molar-refractivity contribution in [2.24, 2.45) is 10.7 Å². The first-order valence-corrected chi connectivity index (χ1v) is 8.22. The molecule has 150 valence electrons. The number of aromatic nitrogens is 2. The van der Waals surface area contributed by atoms with Gasteiger partial charge in [-0.1, -0.05) is 12.1 Å². The summed E-state index contributed by atoms with van der Waals surface area (Å²) in [7, 11) is 0. The molecule has 0 aliphatic carbocycles. The molecule has 29 heavy (non-hydrogen) atoms. The van der Waals surface area contributed by atoms with Crippen molar-refractivity contribution in [1.82, 2.24) is 9.55 Å².